The van der Waals surface area contributed by atoms with Crippen LogP contribution in [0.5, 0.6) is 0 Å². The van der Waals surface area contributed by atoms with Gasteiger partial charge in [0.2, 0.25) is 6.29 Å². The van der Waals surface area contributed by atoms with Gasteiger partial charge >= 0.3 is 0 Å². The van der Waals surface area contributed by atoms with E-state index in [1.165, 1.54) is 5.56 Å². The van der Waals surface area contributed by atoms with Crippen LogP contribution in [0, 0.1) is 0 Å². The van der Waals surface area contributed by atoms with Gasteiger partial charge in [0.1, 0.15) is 0 Å². The maximum Gasteiger partial charge on any atom is 0.217 e. The maximum absolute atomic E-state index is 12.1. The number of carbonyl (C=O) groups is 1. The van der Waals surface area contributed by atoms with Gasteiger partial charge in [-0.05, 0) is 24.8 Å². The molecule has 3 heteroatoms. The van der Waals surface area contributed by atoms with E-state index in [0.717, 1.165) is 19.3 Å². The fourth-order valence-electron chi connectivity index (χ4n) is 1.71. The Morgan fingerprint density at radius 3 is 2.16 bits per heavy atom. The van der Waals surface area contributed by atoms with E-state index in [0.29, 0.717) is 19.6 Å². The molecular formula is C16H24O3. The largest absolute Gasteiger partial charge is 0.346 e. The van der Waals surface area contributed by atoms with Gasteiger partial charge in [-0.25, -0.2) is 0 Å². The molecule has 0 fully saturated rings. The monoisotopic (exact) mass is 264 g/mol. The molecule has 0 atom stereocenters. The smallest absolute Gasteiger partial charge is 0.217 e. The summed E-state index contributed by atoms with van der Waals surface area (Å²) in [6.45, 7) is 5.16. The van der Waals surface area contributed by atoms with Crippen LogP contribution in [0.15, 0.2) is 30.3 Å². The zero-order valence-corrected chi connectivity index (χ0v) is 11.9. The molecule has 106 valence electrons. The van der Waals surface area contributed by atoms with E-state index in [2.05, 4.69) is 0 Å². The summed E-state index contributed by atoms with van der Waals surface area (Å²) in [5, 5.41) is 0. The van der Waals surface area contributed by atoms with Crippen LogP contribution < -0.4 is 0 Å². The van der Waals surface area contributed by atoms with Crippen molar-refractivity contribution in [3.63, 3.8) is 0 Å². The summed E-state index contributed by atoms with van der Waals surface area (Å²) in [5.41, 5.74) is 1.17. The van der Waals surface area contributed by atoms with E-state index in [1.54, 1.807) is 0 Å². The Hall–Kier alpha value is -1.19. The average molecular weight is 264 g/mol. The van der Waals surface area contributed by atoms with Gasteiger partial charge in [-0.2, -0.15) is 0 Å². The van der Waals surface area contributed by atoms with Gasteiger partial charge in [0.05, 0.1) is 0 Å². The topological polar surface area (TPSA) is 35.5 Å². The lowest BCUT2D eigenvalue weighted by Crippen LogP contribution is -2.28. The van der Waals surface area contributed by atoms with Crippen molar-refractivity contribution < 1.29 is 14.3 Å². The summed E-state index contributed by atoms with van der Waals surface area (Å²) in [4.78, 5) is 12.1. The van der Waals surface area contributed by atoms with Crippen molar-refractivity contribution in [3.05, 3.63) is 35.9 Å². The Labute approximate surface area is 115 Å². The van der Waals surface area contributed by atoms with Crippen molar-refractivity contribution >= 4 is 5.78 Å². The highest BCUT2D eigenvalue weighted by molar-refractivity contribution is 5.82. The summed E-state index contributed by atoms with van der Waals surface area (Å²) >= 11 is 0. The number of hydrogen-bond acceptors (Lipinski definition) is 3. The van der Waals surface area contributed by atoms with Gasteiger partial charge in [0, 0.05) is 19.6 Å². The van der Waals surface area contributed by atoms with Crippen LogP contribution in [0.25, 0.3) is 0 Å². The molecule has 0 saturated carbocycles. The summed E-state index contributed by atoms with van der Waals surface area (Å²) in [6, 6.07) is 10.0. The van der Waals surface area contributed by atoms with Crippen LogP contribution in [0.1, 0.15) is 38.7 Å². The van der Waals surface area contributed by atoms with Gasteiger partial charge in [-0.1, -0.05) is 44.2 Å². The molecule has 0 aliphatic carbocycles. The first-order valence-electron chi connectivity index (χ1n) is 7.07. The second kappa shape index (κ2) is 9.70. The minimum absolute atomic E-state index is 0.0331. The molecule has 19 heavy (non-hydrogen) atoms. The fraction of sp³-hybridized carbons (Fsp3) is 0.562. The van der Waals surface area contributed by atoms with Crippen molar-refractivity contribution in [2.24, 2.45) is 0 Å². The number of ketones is 1. The van der Waals surface area contributed by atoms with Crippen molar-refractivity contribution in [1.82, 2.24) is 0 Å². The molecule has 0 spiro atoms. The Morgan fingerprint density at radius 2 is 1.63 bits per heavy atom. The van der Waals surface area contributed by atoms with Crippen LogP contribution in [-0.4, -0.2) is 25.3 Å². The third-order valence-corrected chi connectivity index (χ3v) is 2.71. The van der Waals surface area contributed by atoms with Crippen LogP contribution in [0.4, 0.5) is 0 Å². The quantitative estimate of drug-likeness (QED) is 0.608. The minimum Gasteiger partial charge on any atom is -0.346 e. The van der Waals surface area contributed by atoms with Crippen LogP contribution in [0.3, 0.4) is 0 Å². The second-order valence-corrected chi connectivity index (χ2v) is 4.53. The fourth-order valence-corrected chi connectivity index (χ4v) is 1.71. The highest BCUT2D eigenvalue weighted by atomic mass is 16.7. The predicted molar refractivity (Wildman–Crippen MR) is 76.0 cm³/mol. The van der Waals surface area contributed by atoms with Gasteiger partial charge in [-0.15, -0.1) is 0 Å². The van der Waals surface area contributed by atoms with Crippen molar-refractivity contribution in [2.75, 3.05) is 13.2 Å². The highest BCUT2D eigenvalue weighted by Crippen LogP contribution is 2.08. The zero-order chi connectivity index (χ0) is 13.9. The van der Waals surface area contributed by atoms with Gasteiger partial charge in [-0.3, -0.25) is 4.79 Å². The third kappa shape index (κ3) is 6.50. The summed E-state index contributed by atoms with van der Waals surface area (Å²) in [7, 11) is 0. The third-order valence-electron chi connectivity index (χ3n) is 2.71. The number of ether oxygens (including phenoxy) is 2. The normalized spacial score (nSPS) is 10.9. The number of hydrogen-bond donors (Lipinski definition) is 0. The first kappa shape index (κ1) is 15.9. The molecule has 0 N–H and O–H groups in total. The average Bonchev–Trinajstić information content (AvgIpc) is 2.46. The molecule has 1 aromatic rings. The Bertz CT molecular complexity index is 340. The Balaban J connectivity index is 2.41. The molecule has 1 aromatic carbocycles. The Kier molecular flexibility index (Phi) is 8.10. The summed E-state index contributed by atoms with van der Waals surface area (Å²) < 4.78 is 10.9. The van der Waals surface area contributed by atoms with Crippen LogP contribution in [-0.2, 0) is 20.7 Å². The molecule has 0 radical (unpaired) electrons. The summed E-state index contributed by atoms with van der Waals surface area (Å²) in [5.74, 6) is 0.0331. The lowest BCUT2D eigenvalue weighted by atomic mass is 10.1. The highest BCUT2D eigenvalue weighted by Gasteiger charge is 2.18. The minimum atomic E-state index is -0.691. The number of rotatable bonds is 10. The molecule has 0 amide bonds. The first-order chi connectivity index (χ1) is 9.27. The SMILES string of the molecule is CCCOC(OCCC)C(=O)CCc1ccccc1. The van der Waals surface area contributed by atoms with Crippen molar-refractivity contribution in [2.45, 2.75) is 45.8 Å². The van der Waals surface area contributed by atoms with E-state index < -0.39 is 6.29 Å². The molecule has 0 heterocycles. The van der Waals surface area contributed by atoms with Gasteiger partial charge in [0.25, 0.3) is 0 Å². The van der Waals surface area contributed by atoms with Crippen molar-refractivity contribution in [3.8, 4) is 0 Å². The Morgan fingerprint density at radius 1 is 1.05 bits per heavy atom. The van der Waals surface area contributed by atoms with E-state index in [1.807, 2.05) is 44.2 Å². The van der Waals surface area contributed by atoms with Gasteiger partial charge < -0.3 is 9.47 Å². The molecule has 0 aliphatic heterocycles. The summed E-state index contributed by atoms with van der Waals surface area (Å²) in [6.07, 6.45) is 2.28. The van der Waals surface area contributed by atoms with E-state index >= 15 is 0 Å². The first-order valence-corrected chi connectivity index (χ1v) is 7.07. The predicted octanol–water partition coefficient (Wildman–Crippen LogP) is 3.37. The lowest BCUT2D eigenvalue weighted by molar-refractivity contribution is -0.170. The number of benzene rings is 1. The lowest BCUT2D eigenvalue weighted by Gasteiger charge is -2.16. The molecule has 1 rings (SSSR count). The molecule has 0 saturated heterocycles. The number of Topliss-reactive ketones (excluding diaryl/α,β-unsaturated/α-hetero) is 1. The zero-order valence-electron chi connectivity index (χ0n) is 11.9. The molecule has 0 aromatic heterocycles. The molecule has 0 aliphatic rings. The van der Waals surface area contributed by atoms with Crippen LogP contribution in [0.2, 0.25) is 0 Å². The van der Waals surface area contributed by atoms with E-state index in [-0.39, 0.29) is 5.78 Å². The van der Waals surface area contributed by atoms with Gasteiger partial charge in [0.15, 0.2) is 5.78 Å². The molecule has 3 nitrogen and oxygen atoms in total. The molecular weight excluding hydrogens is 240 g/mol. The van der Waals surface area contributed by atoms with E-state index in [9.17, 15) is 4.79 Å². The number of aryl methyl sites for hydroxylation is 1. The second-order valence-electron chi connectivity index (χ2n) is 4.53. The molecule has 0 unspecified atom stereocenters. The van der Waals surface area contributed by atoms with E-state index in [4.69, 9.17) is 9.47 Å². The van der Waals surface area contributed by atoms with Crippen molar-refractivity contribution in [1.29, 1.82) is 0 Å². The molecule has 0 bridgehead atoms. The van der Waals surface area contributed by atoms with Crippen LogP contribution >= 0.6 is 0 Å². The standard InChI is InChI=1S/C16H24O3/c1-3-12-18-16(19-13-4-2)15(17)11-10-14-8-6-5-7-9-14/h5-9,16H,3-4,10-13H2,1-2H3. The maximum atomic E-state index is 12.1. The number of carbonyl (C=O) groups excluding carboxylic acids is 1.